The number of hydrogen-bond acceptors (Lipinski definition) is 1. The van der Waals surface area contributed by atoms with E-state index in [1.807, 2.05) is 18.2 Å². The number of rotatable bonds is 0. The summed E-state index contributed by atoms with van der Waals surface area (Å²) in [7, 11) is -3.64. The van der Waals surface area contributed by atoms with Gasteiger partial charge in [-0.1, -0.05) is 35.9 Å². The van der Waals surface area contributed by atoms with Crippen LogP contribution in [-0.2, 0) is 4.57 Å². The minimum atomic E-state index is -3.64. The first-order valence-electron chi connectivity index (χ1n) is 3.44. The van der Waals surface area contributed by atoms with Crippen LogP contribution in [0.25, 0.3) is 0 Å². The van der Waals surface area contributed by atoms with Gasteiger partial charge in [-0.3, -0.25) is 4.57 Å². The molecule has 0 amide bonds. The van der Waals surface area contributed by atoms with Crippen molar-refractivity contribution in [3.05, 3.63) is 35.9 Å². The Hall–Kier alpha value is -0.670. The maximum Gasteiger partial charge on any atom is 0.322 e. The normalized spacial score (nSPS) is 9.23. The van der Waals surface area contributed by atoms with Gasteiger partial charge in [0.15, 0.2) is 0 Å². The molecule has 5 heteroatoms. The van der Waals surface area contributed by atoms with E-state index in [-0.39, 0.29) is 5.48 Å². The molecule has 0 aliphatic heterocycles. The van der Waals surface area contributed by atoms with E-state index in [0.29, 0.717) is 0 Å². The van der Waals surface area contributed by atoms with Crippen LogP contribution in [0.15, 0.2) is 30.3 Å². The lowest BCUT2D eigenvalue weighted by molar-refractivity contribution is 0.381. The lowest BCUT2D eigenvalue weighted by atomic mass is 10.2. The van der Waals surface area contributed by atoms with Crippen LogP contribution >= 0.6 is 7.60 Å². The summed E-state index contributed by atoms with van der Waals surface area (Å²) in [6.45, 7) is 2.94. The van der Waals surface area contributed by atoms with E-state index in [9.17, 15) is 4.57 Å². The average molecular weight is 206 g/mol. The lowest BCUT2D eigenvalue weighted by Crippen LogP contribution is -1.64. The van der Waals surface area contributed by atoms with E-state index >= 15 is 0 Å². The van der Waals surface area contributed by atoms with Gasteiger partial charge in [0.25, 0.3) is 0 Å². The van der Waals surface area contributed by atoms with E-state index < -0.39 is 7.60 Å². The highest BCUT2D eigenvalue weighted by Gasteiger charge is 1.95. The predicted molar refractivity (Wildman–Crippen MR) is 52.8 cm³/mol. The van der Waals surface area contributed by atoms with Crippen molar-refractivity contribution >= 4 is 7.60 Å². The summed E-state index contributed by atoms with van der Waals surface area (Å²) in [5.74, 6) is 0. The Morgan fingerprint density at radius 2 is 1.46 bits per heavy atom. The van der Waals surface area contributed by atoms with Crippen molar-refractivity contribution in [2.45, 2.75) is 6.92 Å². The van der Waals surface area contributed by atoms with Gasteiger partial charge in [-0.15, -0.1) is 0 Å². The van der Waals surface area contributed by atoms with Crippen molar-refractivity contribution in [3.63, 3.8) is 0 Å². The van der Waals surface area contributed by atoms with Gasteiger partial charge in [0.05, 0.1) is 0 Å². The minimum Gasteiger partial charge on any atom is -0.412 e. The lowest BCUT2D eigenvalue weighted by Gasteiger charge is -1.84. The molecule has 0 spiro atoms. The molecule has 0 bridgehead atoms. The largest absolute Gasteiger partial charge is 0.412 e. The second-order valence-electron chi connectivity index (χ2n) is 2.49. The van der Waals surface area contributed by atoms with Gasteiger partial charge < -0.3 is 15.3 Å². The smallest absolute Gasteiger partial charge is 0.322 e. The Kier molecular flexibility index (Phi) is 7.76. The second kappa shape index (κ2) is 6.80. The molecule has 0 saturated carbocycles. The Morgan fingerprint density at radius 1 is 1.15 bits per heavy atom. The Bertz CT molecular complexity index is 246. The molecule has 1 aromatic carbocycles. The average Bonchev–Trinajstić information content (AvgIpc) is 1.85. The molecule has 0 aliphatic carbocycles. The van der Waals surface area contributed by atoms with E-state index in [1.54, 1.807) is 0 Å². The number of benzene rings is 1. The quantitative estimate of drug-likeness (QED) is 0.619. The second-order valence-corrected chi connectivity index (χ2v) is 4.16. The molecule has 0 saturated heterocycles. The topological polar surface area (TPSA) is 89.0 Å². The summed E-state index contributed by atoms with van der Waals surface area (Å²) in [5, 5.41) is 0. The fourth-order valence-corrected chi connectivity index (χ4v) is 0.534. The predicted octanol–water partition coefficient (Wildman–Crippen LogP) is 0.964. The molecular weight excluding hydrogens is 191 g/mol. The van der Waals surface area contributed by atoms with Gasteiger partial charge in [0, 0.05) is 6.66 Å². The summed E-state index contributed by atoms with van der Waals surface area (Å²) in [6, 6.07) is 10.3. The summed E-state index contributed by atoms with van der Waals surface area (Å²) >= 11 is 0. The fraction of sp³-hybridized carbons (Fsp3) is 0.250. The molecule has 0 heterocycles. The van der Waals surface area contributed by atoms with E-state index in [2.05, 4.69) is 19.1 Å². The molecule has 4 nitrogen and oxygen atoms in total. The SMILES string of the molecule is CP(=O)(O)O.Cc1ccccc1.O. The molecule has 13 heavy (non-hydrogen) atoms. The third-order valence-corrected chi connectivity index (χ3v) is 0.940. The van der Waals surface area contributed by atoms with Crippen LogP contribution < -0.4 is 0 Å². The molecule has 4 N–H and O–H groups in total. The van der Waals surface area contributed by atoms with E-state index in [4.69, 9.17) is 9.79 Å². The van der Waals surface area contributed by atoms with Gasteiger partial charge in [0.2, 0.25) is 0 Å². The standard InChI is InChI=1S/C7H8.CH5O3P.H2O/c1-7-5-3-2-4-6-7;1-5(2,3)4;/h2-6H,1H3;1H3,(H2,2,3,4);1H2. The van der Waals surface area contributed by atoms with Gasteiger partial charge in [-0.25, -0.2) is 0 Å². The van der Waals surface area contributed by atoms with Crippen LogP contribution in [0, 0.1) is 6.92 Å². The summed E-state index contributed by atoms with van der Waals surface area (Å²) < 4.78 is 9.33. The molecule has 1 rings (SSSR count). The third kappa shape index (κ3) is 18.4. The maximum absolute atomic E-state index is 9.33. The Morgan fingerprint density at radius 3 is 1.62 bits per heavy atom. The molecule has 0 radical (unpaired) electrons. The first-order chi connectivity index (χ1) is 5.39. The van der Waals surface area contributed by atoms with Crippen LogP contribution in [0.1, 0.15) is 5.56 Å². The molecule has 0 unspecified atom stereocenters. The Balaban J connectivity index is 0. The van der Waals surface area contributed by atoms with E-state index in [1.165, 1.54) is 5.56 Å². The van der Waals surface area contributed by atoms with Gasteiger partial charge in [0.1, 0.15) is 0 Å². The molecule has 1 aromatic rings. The van der Waals surface area contributed by atoms with Crippen molar-refractivity contribution in [2.24, 2.45) is 0 Å². The highest BCUT2D eigenvalue weighted by molar-refractivity contribution is 7.50. The zero-order chi connectivity index (χ0) is 9.61. The molecule has 0 aromatic heterocycles. The fourth-order valence-electron chi connectivity index (χ4n) is 0.534. The molecular formula is C8H15O4P. The molecule has 76 valence electrons. The molecule has 0 aliphatic rings. The zero-order valence-corrected chi connectivity index (χ0v) is 8.53. The van der Waals surface area contributed by atoms with Crippen LogP contribution in [0.4, 0.5) is 0 Å². The maximum atomic E-state index is 9.33. The van der Waals surface area contributed by atoms with Crippen LogP contribution in [0.3, 0.4) is 0 Å². The zero-order valence-electron chi connectivity index (χ0n) is 7.64. The van der Waals surface area contributed by atoms with Gasteiger partial charge in [-0.2, -0.15) is 0 Å². The first-order valence-corrected chi connectivity index (χ1v) is 5.50. The minimum absolute atomic E-state index is 0. The summed E-state index contributed by atoms with van der Waals surface area (Å²) in [5.41, 5.74) is 1.32. The van der Waals surface area contributed by atoms with Crippen molar-refractivity contribution in [3.8, 4) is 0 Å². The van der Waals surface area contributed by atoms with Gasteiger partial charge >= 0.3 is 7.60 Å². The molecule has 0 atom stereocenters. The third-order valence-electron chi connectivity index (χ3n) is 0.940. The van der Waals surface area contributed by atoms with Gasteiger partial charge in [-0.05, 0) is 6.92 Å². The van der Waals surface area contributed by atoms with E-state index in [0.717, 1.165) is 6.66 Å². The monoisotopic (exact) mass is 206 g/mol. The van der Waals surface area contributed by atoms with Crippen molar-refractivity contribution in [1.82, 2.24) is 0 Å². The van der Waals surface area contributed by atoms with Crippen molar-refractivity contribution in [1.29, 1.82) is 0 Å². The number of aryl methyl sites for hydroxylation is 1. The van der Waals surface area contributed by atoms with Crippen LogP contribution in [0.5, 0.6) is 0 Å². The molecule has 0 fully saturated rings. The highest BCUT2D eigenvalue weighted by atomic mass is 31.2. The van der Waals surface area contributed by atoms with Crippen LogP contribution in [0.2, 0.25) is 0 Å². The summed E-state index contributed by atoms with van der Waals surface area (Å²) in [6.07, 6.45) is 0. The first kappa shape index (κ1) is 14.8. The van der Waals surface area contributed by atoms with Crippen molar-refractivity contribution in [2.75, 3.05) is 6.66 Å². The number of hydrogen-bond donors (Lipinski definition) is 2. The Labute approximate surface area is 77.7 Å². The summed E-state index contributed by atoms with van der Waals surface area (Å²) in [4.78, 5) is 15.3. The van der Waals surface area contributed by atoms with Crippen LogP contribution in [-0.4, -0.2) is 21.9 Å². The van der Waals surface area contributed by atoms with Crippen molar-refractivity contribution < 1.29 is 19.8 Å². The highest BCUT2D eigenvalue weighted by Crippen LogP contribution is 2.26.